The highest BCUT2D eigenvalue weighted by Crippen LogP contribution is 2.36. The van der Waals surface area contributed by atoms with Gasteiger partial charge in [0.25, 0.3) is 0 Å². The van der Waals surface area contributed by atoms with Crippen molar-refractivity contribution in [2.75, 3.05) is 6.61 Å². The van der Waals surface area contributed by atoms with Crippen molar-refractivity contribution in [2.24, 2.45) is 0 Å². The average Bonchev–Trinajstić information content (AvgIpc) is 2.56. The number of phenolic OH excluding ortho intramolecular Hbond substituents is 2. The van der Waals surface area contributed by atoms with Gasteiger partial charge in [-0.3, -0.25) is 0 Å². The number of benzene rings is 1. The molecule has 0 amide bonds. The summed E-state index contributed by atoms with van der Waals surface area (Å²) in [5.41, 5.74) is 0.526. The summed E-state index contributed by atoms with van der Waals surface area (Å²) in [4.78, 5) is 0. The maximum absolute atomic E-state index is 9.72. The predicted octanol–water partition coefficient (Wildman–Crippen LogP) is 4.89. The summed E-state index contributed by atoms with van der Waals surface area (Å²) in [6.45, 7) is 2.56. The number of phenols is 2. The number of hydrogen-bond donors (Lipinski definition) is 3. The van der Waals surface area contributed by atoms with Crippen molar-refractivity contribution in [3.8, 4) is 17.2 Å². The quantitative estimate of drug-likeness (QED) is 0.357. The van der Waals surface area contributed by atoms with Crippen LogP contribution in [0.2, 0.25) is 0 Å². The molecule has 0 bridgehead atoms. The van der Waals surface area contributed by atoms with Crippen molar-refractivity contribution < 1.29 is 20.1 Å². The van der Waals surface area contributed by atoms with Gasteiger partial charge in [-0.25, -0.2) is 0 Å². The first-order valence-electron chi connectivity index (χ1n) is 8.97. The molecule has 132 valence electrons. The summed E-state index contributed by atoms with van der Waals surface area (Å²) in [6.07, 6.45) is 12.6. The molecule has 4 nitrogen and oxygen atoms in total. The van der Waals surface area contributed by atoms with Crippen molar-refractivity contribution in [3.05, 3.63) is 17.7 Å². The van der Waals surface area contributed by atoms with Crippen LogP contribution < -0.4 is 4.74 Å². The molecule has 0 saturated heterocycles. The molecular formula is C19H32O4. The minimum absolute atomic E-state index is 0.192. The largest absolute Gasteiger partial charge is 0.504 e. The third kappa shape index (κ3) is 8.12. The van der Waals surface area contributed by atoms with Crippen molar-refractivity contribution in [3.63, 3.8) is 0 Å². The molecule has 0 aliphatic carbocycles. The van der Waals surface area contributed by atoms with Crippen molar-refractivity contribution in [2.45, 2.75) is 77.7 Å². The number of ether oxygens (including phenoxy) is 1. The van der Waals surface area contributed by atoms with E-state index in [0.717, 1.165) is 12.8 Å². The fourth-order valence-corrected chi connectivity index (χ4v) is 2.62. The van der Waals surface area contributed by atoms with E-state index in [1.807, 2.05) is 0 Å². The Morgan fingerprint density at radius 3 is 1.96 bits per heavy atom. The van der Waals surface area contributed by atoms with Gasteiger partial charge >= 0.3 is 0 Å². The van der Waals surface area contributed by atoms with Crippen LogP contribution in [0.1, 0.15) is 76.7 Å². The van der Waals surface area contributed by atoms with Crippen molar-refractivity contribution >= 4 is 0 Å². The molecule has 4 heteroatoms. The summed E-state index contributed by atoms with van der Waals surface area (Å²) in [5, 5.41) is 28.4. The number of aliphatic hydroxyl groups excluding tert-OH is 1. The molecule has 0 aromatic heterocycles. The molecule has 1 rings (SSSR count). The predicted molar refractivity (Wildman–Crippen MR) is 93.0 cm³/mol. The van der Waals surface area contributed by atoms with Crippen molar-refractivity contribution in [1.82, 2.24) is 0 Å². The van der Waals surface area contributed by atoms with Crippen LogP contribution in [0.25, 0.3) is 0 Å². The third-order valence-corrected chi connectivity index (χ3v) is 4.05. The van der Waals surface area contributed by atoms with Gasteiger partial charge in [-0.15, -0.1) is 0 Å². The van der Waals surface area contributed by atoms with Crippen LogP contribution in [-0.2, 0) is 6.61 Å². The molecule has 0 saturated carbocycles. The van der Waals surface area contributed by atoms with E-state index in [1.54, 1.807) is 6.07 Å². The Hall–Kier alpha value is -1.42. The molecule has 0 fully saturated rings. The van der Waals surface area contributed by atoms with Crippen LogP contribution in [0.15, 0.2) is 12.1 Å². The fourth-order valence-electron chi connectivity index (χ4n) is 2.62. The van der Waals surface area contributed by atoms with E-state index in [4.69, 9.17) is 9.84 Å². The molecule has 0 aliphatic rings. The molecule has 0 spiro atoms. The van der Waals surface area contributed by atoms with Gasteiger partial charge in [-0.05, 0) is 24.1 Å². The summed E-state index contributed by atoms with van der Waals surface area (Å²) in [7, 11) is 0. The lowest BCUT2D eigenvalue weighted by atomic mass is 10.1. The standard InChI is InChI=1S/C19H32O4/c1-2-3-4-5-6-7-8-9-10-11-12-23-18-14-16(15-20)13-17(21)19(18)22/h13-14,20-22H,2-12,15H2,1H3. The number of hydrogen-bond acceptors (Lipinski definition) is 4. The van der Waals surface area contributed by atoms with Crippen LogP contribution in [0.4, 0.5) is 0 Å². The zero-order valence-electron chi connectivity index (χ0n) is 14.4. The second-order valence-electron chi connectivity index (χ2n) is 6.15. The van der Waals surface area contributed by atoms with Gasteiger partial charge in [-0.1, -0.05) is 64.7 Å². The highest BCUT2D eigenvalue weighted by atomic mass is 16.5. The summed E-state index contributed by atoms with van der Waals surface area (Å²) >= 11 is 0. The Bertz CT molecular complexity index is 432. The van der Waals surface area contributed by atoms with Gasteiger partial charge in [-0.2, -0.15) is 0 Å². The Morgan fingerprint density at radius 2 is 1.39 bits per heavy atom. The van der Waals surface area contributed by atoms with E-state index >= 15 is 0 Å². The molecule has 0 unspecified atom stereocenters. The minimum Gasteiger partial charge on any atom is -0.504 e. The zero-order chi connectivity index (χ0) is 16.9. The molecule has 0 radical (unpaired) electrons. The summed E-state index contributed by atoms with van der Waals surface area (Å²) in [6, 6.07) is 2.90. The van der Waals surface area contributed by atoms with Crippen LogP contribution in [0, 0.1) is 0 Å². The fraction of sp³-hybridized carbons (Fsp3) is 0.684. The minimum atomic E-state index is -0.255. The molecule has 1 aromatic carbocycles. The number of unbranched alkanes of at least 4 members (excludes halogenated alkanes) is 9. The molecule has 23 heavy (non-hydrogen) atoms. The van der Waals surface area contributed by atoms with E-state index in [2.05, 4.69) is 6.92 Å². The highest BCUT2D eigenvalue weighted by Gasteiger charge is 2.10. The Morgan fingerprint density at radius 1 is 0.826 bits per heavy atom. The molecule has 0 aliphatic heterocycles. The van der Waals surface area contributed by atoms with Crippen LogP contribution >= 0.6 is 0 Å². The second kappa shape index (κ2) is 12.1. The van der Waals surface area contributed by atoms with Crippen LogP contribution in [0.3, 0.4) is 0 Å². The molecule has 3 N–H and O–H groups in total. The number of aromatic hydroxyl groups is 2. The highest BCUT2D eigenvalue weighted by molar-refractivity contribution is 5.51. The van der Waals surface area contributed by atoms with Gasteiger partial charge in [0.1, 0.15) is 0 Å². The molecule has 1 aromatic rings. The van der Waals surface area contributed by atoms with E-state index in [-0.39, 0.29) is 23.9 Å². The van der Waals surface area contributed by atoms with E-state index in [9.17, 15) is 10.2 Å². The third-order valence-electron chi connectivity index (χ3n) is 4.05. The molecule has 0 atom stereocenters. The monoisotopic (exact) mass is 324 g/mol. The lowest BCUT2D eigenvalue weighted by Crippen LogP contribution is -1.98. The number of aliphatic hydroxyl groups is 1. The first kappa shape index (κ1) is 19.6. The van der Waals surface area contributed by atoms with E-state index < -0.39 is 0 Å². The van der Waals surface area contributed by atoms with Crippen molar-refractivity contribution in [1.29, 1.82) is 0 Å². The smallest absolute Gasteiger partial charge is 0.200 e. The number of rotatable bonds is 13. The Kier molecular flexibility index (Phi) is 10.3. The summed E-state index contributed by atoms with van der Waals surface area (Å²) < 4.78 is 5.51. The van der Waals surface area contributed by atoms with Gasteiger partial charge in [0.15, 0.2) is 11.5 Å². The Labute approximate surface area is 140 Å². The maximum atomic E-state index is 9.72. The molecular weight excluding hydrogens is 292 g/mol. The average molecular weight is 324 g/mol. The second-order valence-corrected chi connectivity index (χ2v) is 6.15. The van der Waals surface area contributed by atoms with Gasteiger partial charge in [0, 0.05) is 0 Å². The van der Waals surface area contributed by atoms with Gasteiger partial charge < -0.3 is 20.1 Å². The van der Waals surface area contributed by atoms with Crippen LogP contribution in [-0.4, -0.2) is 21.9 Å². The zero-order valence-corrected chi connectivity index (χ0v) is 14.4. The van der Waals surface area contributed by atoms with E-state index in [0.29, 0.717) is 12.2 Å². The SMILES string of the molecule is CCCCCCCCCCCCOc1cc(CO)cc(O)c1O. The topological polar surface area (TPSA) is 69.9 Å². The van der Waals surface area contributed by atoms with E-state index in [1.165, 1.54) is 57.4 Å². The van der Waals surface area contributed by atoms with Gasteiger partial charge in [0.05, 0.1) is 13.2 Å². The molecule has 0 heterocycles. The lowest BCUT2D eigenvalue weighted by Gasteiger charge is -2.10. The first-order valence-corrected chi connectivity index (χ1v) is 8.97. The normalized spacial score (nSPS) is 10.9. The first-order chi connectivity index (χ1) is 11.2. The lowest BCUT2D eigenvalue weighted by molar-refractivity contribution is 0.269. The summed E-state index contributed by atoms with van der Waals surface area (Å²) in [5.74, 6) is -0.270. The van der Waals surface area contributed by atoms with Crippen LogP contribution in [0.5, 0.6) is 17.2 Å². The maximum Gasteiger partial charge on any atom is 0.200 e. The Balaban J connectivity index is 2.08. The van der Waals surface area contributed by atoms with Gasteiger partial charge in [0.2, 0.25) is 5.75 Å².